The molecule has 31 heavy (non-hydrogen) atoms. The summed E-state index contributed by atoms with van der Waals surface area (Å²) in [4.78, 5) is 28.9. The van der Waals surface area contributed by atoms with Crippen molar-refractivity contribution in [1.29, 1.82) is 0 Å². The number of nitrogens with one attached hydrogen (secondary N) is 1. The van der Waals surface area contributed by atoms with Gasteiger partial charge in [-0.15, -0.1) is 0 Å². The predicted octanol–water partition coefficient (Wildman–Crippen LogP) is 4.89. The van der Waals surface area contributed by atoms with Crippen molar-refractivity contribution in [3.05, 3.63) is 100 Å². The Morgan fingerprint density at radius 1 is 0.968 bits per heavy atom. The van der Waals surface area contributed by atoms with Gasteiger partial charge in [-0.25, -0.2) is 0 Å². The van der Waals surface area contributed by atoms with E-state index in [4.69, 9.17) is 0 Å². The second-order valence-corrected chi connectivity index (χ2v) is 8.70. The summed E-state index contributed by atoms with van der Waals surface area (Å²) in [6, 6.07) is 21.6. The predicted molar refractivity (Wildman–Crippen MR) is 124 cm³/mol. The molecule has 0 saturated heterocycles. The fraction of sp³-hybridized carbons (Fsp3) is 0.259. The van der Waals surface area contributed by atoms with E-state index in [2.05, 4.69) is 11.4 Å². The lowest BCUT2D eigenvalue weighted by molar-refractivity contribution is -0.126. The van der Waals surface area contributed by atoms with E-state index in [-0.39, 0.29) is 11.8 Å². The summed E-state index contributed by atoms with van der Waals surface area (Å²) in [7, 11) is 0. The monoisotopic (exact) mass is 412 g/mol. The Balaban J connectivity index is 1.75. The minimum absolute atomic E-state index is 0.139. The van der Waals surface area contributed by atoms with Crippen LogP contribution in [-0.4, -0.2) is 17.4 Å². The second-order valence-electron chi connectivity index (χ2n) is 8.70. The Labute approximate surface area is 183 Å². The lowest BCUT2D eigenvalue weighted by atomic mass is 9.82. The van der Waals surface area contributed by atoms with Gasteiger partial charge in [-0.1, -0.05) is 48.5 Å². The summed E-state index contributed by atoms with van der Waals surface area (Å²) < 4.78 is 0. The Hall–Kier alpha value is -3.40. The van der Waals surface area contributed by atoms with Crippen LogP contribution in [0.2, 0.25) is 0 Å². The number of hydrogen-bond acceptors (Lipinski definition) is 2. The lowest BCUT2D eigenvalue weighted by Crippen LogP contribution is -2.63. The van der Waals surface area contributed by atoms with Crippen LogP contribution in [0.5, 0.6) is 0 Å². The van der Waals surface area contributed by atoms with Gasteiger partial charge in [-0.3, -0.25) is 14.5 Å². The molecule has 4 rings (SSSR count). The van der Waals surface area contributed by atoms with Crippen molar-refractivity contribution in [3.63, 3.8) is 0 Å². The Kier molecular flexibility index (Phi) is 5.40. The fourth-order valence-electron chi connectivity index (χ4n) is 4.52. The highest BCUT2D eigenvalue weighted by molar-refractivity contribution is 6.14. The molecule has 0 spiro atoms. The number of benzene rings is 3. The van der Waals surface area contributed by atoms with Crippen LogP contribution < -0.4 is 10.2 Å². The van der Waals surface area contributed by atoms with E-state index in [1.165, 1.54) is 0 Å². The van der Waals surface area contributed by atoms with Crippen molar-refractivity contribution in [2.24, 2.45) is 0 Å². The number of fused-ring (bicyclic) bond motifs is 1. The normalized spacial score (nSPS) is 17.9. The first-order chi connectivity index (χ1) is 14.8. The van der Waals surface area contributed by atoms with Gasteiger partial charge in [0.15, 0.2) is 0 Å². The largest absolute Gasteiger partial charge is 0.350 e. The number of carbonyl (C=O) groups is 2. The highest BCUT2D eigenvalue weighted by Crippen LogP contribution is 2.36. The molecule has 4 heteroatoms. The smallest absolute Gasteiger partial charge is 0.259 e. The van der Waals surface area contributed by atoms with E-state index in [1.807, 2.05) is 88.4 Å². The summed E-state index contributed by atoms with van der Waals surface area (Å²) in [5.41, 5.74) is 5.60. The van der Waals surface area contributed by atoms with E-state index in [9.17, 15) is 9.59 Å². The minimum atomic E-state index is -1.03. The maximum Gasteiger partial charge on any atom is 0.259 e. The first kappa shape index (κ1) is 20.9. The number of amides is 2. The van der Waals surface area contributed by atoms with Crippen LogP contribution in [-0.2, 0) is 17.8 Å². The molecule has 1 heterocycles. The average Bonchev–Trinajstić information content (AvgIpc) is 2.72. The SMILES string of the molecule is Cc1cc(C)cc(N2C(=O)c3ccccc3C[C@@]2(C)C(=O)NCc2ccccc2C)c1. The standard InChI is InChI=1S/C27H28N2O2/c1-18-13-19(2)15-23(14-18)29-25(30)24-12-8-7-10-21(24)16-27(29,4)26(31)28-17-22-11-6-5-9-20(22)3/h5-15H,16-17H2,1-4H3,(H,28,31)/t27-/m0/s1. The highest BCUT2D eigenvalue weighted by Gasteiger charge is 2.47. The molecule has 0 unspecified atom stereocenters. The van der Waals surface area contributed by atoms with Crippen molar-refractivity contribution in [2.45, 2.75) is 46.2 Å². The maximum atomic E-state index is 13.6. The second kappa shape index (κ2) is 8.03. The zero-order valence-electron chi connectivity index (χ0n) is 18.5. The molecule has 1 N–H and O–H groups in total. The number of carbonyl (C=O) groups excluding carboxylic acids is 2. The Morgan fingerprint density at radius 2 is 1.61 bits per heavy atom. The molecule has 0 fully saturated rings. The van der Waals surface area contributed by atoms with E-state index in [1.54, 1.807) is 4.90 Å². The van der Waals surface area contributed by atoms with E-state index >= 15 is 0 Å². The molecule has 0 saturated carbocycles. The number of rotatable bonds is 4. The van der Waals surface area contributed by atoms with Crippen molar-refractivity contribution in [1.82, 2.24) is 5.32 Å². The molecule has 2 amide bonds. The van der Waals surface area contributed by atoms with E-state index in [0.29, 0.717) is 18.5 Å². The van der Waals surface area contributed by atoms with Crippen molar-refractivity contribution >= 4 is 17.5 Å². The molecular weight excluding hydrogens is 384 g/mol. The third-order valence-corrected chi connectivity index (χ3v) is 6.13. The Morgan fingerprint density at radius 3 is 2.32 bits per heavy atom. The van der Waals surface area contributed by atoms with Gasteiger partial charge in [0.1, 0.15) is 5.54 Å². The van der Waals surface area contributed by atoms with Crippen LogP contribution in [0.25, 0.3) is 0 Å². The molecule has 0 aromatic heterocycles. The molecule has 0 aliphatic carbocycles. The van der Waals surface area contributed by atoms with Crippen molar-refractivity contribution in [2.75, 3.05) is 4.90 Å². The Bertz CT molecular complexity index is 1150. The quantitative estimate of drug-likeness (QED) is 0.663. The third kappa shape index (κ3) is 3.86. The topological polar surface area (TPSA) is 49.4 Å². The van der Waals surface area contributed by atoms with Gasteiger partial charge in [0.05, 0.1) is 0 Å². The highest BCUT2D eigenvalue weighted by atomic mass is 16.2. The molecule has 1 aliphatic heterocycles. The van der Waals surface area contributed by atoms with Crippen LogP contribution in [0.3, 0.4) is 0 Å². The zero-order chi connectivity index (χ0) is 22.2. The van der Waals surface area contributed by atoms with Crippen molar-refractivity contribution < 1.29 is 9.59 Å². The number of anilines is 1. The van der Waals surface area contributed by atoms with Gasteiger partial charge in [-0.05, 0) is 73.7 Å². The van der Waals surface area contributed by atoms with Gasteiger partial charge < -0.3 is 5.32 Å². The zero-order valence-corrected chi connectivity index (χ0v) is 18.5. The number of aryl methyl sites for hydroxylation is 3. The van der Waals surface area contributed by atoms with E-state index < -0.39 is 5.54 Å². The molecule has 3 aromatic carbocycles. The van der Waals surface area contributed by atoms with Crippen LogP contribution in [0, 0.1) is 20.8 Å². The molecule has 1 atom stereocenters. The summed E-state index contributed by atoms with van der Waals surface area (Å²) in [6.07, 6.45) is 0.460. The maximum absolute atomic E-state index is 13.6. The van der Waals surface area contributed by atoms with Crippen LogP contribution >= 0.6 is 0 Å². The molecular formula is C27H28N2O2. The first-order valence-electron chi connectivity index (χ1n) is 10.6. The van der Waals surface area contributed by atoms with Gasteiger partial charge in [-0.2, -0.15) is 0 Å². The van der Waals surface area contributed by atoms with Gasteiger partial charge in [0.25, 0.3) is 5.91 Å². The minimum Gasteiger partial charge on any atom is -0.350 e. The summed E-state index contributed by atoms with van der Waals surface area (Å²) in [5, 5.41) is 3.10. The summed E-state index contributed by atoms with van der Waals surface area (Å²) >= 11 is 0. The first-order valence-corrected chi connectivity index (χ1v) is 10.6. The lowest BCUT2D eigenvalue weighted by Gasteiger charge is -2.44. The van der Waals surface area contributed by atoms with E-state index in [0.717, 1.165) is 33.5 Å². The summed E-state index contributed by atoms with van der Waals surface area (Å²) in [6.45, 7) is 8.34. The molecule has 158 valence electrons. The fourth-order valence-corrected chi connectivity index (χ4v) is 4.52. The molecule has 4 nitrogen and oxygen atoms in total. The van der Waals surface area contributed by atoms with Crippen LogP contribution in [0.1, 0.15) is 45.1 Å². The number of nitrogens with zero attached hydrogens (tertiary/aromatic N) is 1. The van der Waals surface area contributed by atoms with Crippen LogP contribution in [0.4, 0.5) is 5.69 Å². The third-order valence-electron chi connectivity index (χ3n) is 6.13. The molecule has 0 bridgehead atoms. The summed E-state index contributed by atoms with van der Waals surface area (Å²) in [5.74, 6) is -0.293. The average molecular weight is 413 g/mol. The number of hydrogen-bond donors (Lipinski definition) is 1. The van der Waals surface area contributed by atoms with Gasteiger partial charge in [0.2, 0.25) is 5.91 Å². The molecule has 3 aromatic rings. The van der Waals surface area contributed by atoms with Crippen molar-refractivity contribution in [3.8, 4) is 0 Å². The van der Waals surface area contributed by atoms with Gasteiger partial charge in [0, 0.05) is 24.2 Å². The van der Waals surface area contributed by atoms with Crippen LogP contribution in [0.15, 0.2) is 66.7 Å². The molecule has 0 radical (unpaired) electrons. The molecule has 1 aliphatic rings. The van der Waals surface area contributed by atoms with Gasteiger partial charge >= 0.3 is 0 Å².